The Hall–Kier alpha value is -2.10. The molecule has 0 radical (unpaired) electrons. The fourth-order valence-electron chi connectivity index (χ4n) is 1.85. The Kier molecular flexibility index (Phi) is 3.77. The maximum absolute atomic E-state index is 6.00. The van der Waals surface area contributed by atoms with Crippen LogP contribution in [0.2, 0.25) is 0 Å². The van der Waals surface area contributed by atoms with Gasteiger partial charge >= 0.3 is 0 Å². The monoisotopic (exact) mass is 242 g/mol. The topological polar surface area (TPSA) is 55.0 Å². The van der Waals surface area contributed by atoms with Gasteiger partial charge in [0.1, 0.15) is 0 Å². The van der Waals surface area contributed by atoms with Crippen molar-refractivity contribution in [2.75, 3.05) is 17.2 Å². The molecule has 0 aliphatic heterocycles. The minimum absolute atomic E-state index is 0.719. The van der Waals surface area contributed by atoms with Gasteiger partial charge in [0.2, 0.25) is 0 Å². The van der Waals surface area contributed by atoms with E-state index in [0.29, 0.717) is 0 Å². The number of aryl methyl sites for hydroxylation is 1. The zero-order chi connectivity index (χ0) is 13.0. The predicted molar refractivity (Wildman–Crippen MR) is 74.3 cm³/mol. The summed E-state index contributed by atoms with van der Waals surface area (Å²) in [6, 6.07) is 7.86. The first-order valence-electron chi connectivity index (χ1n) is 6.07. The Bertz CT molecular complexity index is 510. The normalized spacial score (nSPS) is 10.3. The van der Waals surface area contributed by atoms with Crippen molar-refractivity contribution in [2.45, 2.75) is 20.4 Å². The largest absolute Gasteiger partial charge is 0.396 e. The molecule has 94 valence electrons. The van der Waals surface area contributed by atoms with E-state index in [2.05, 4.69) is 21.8 Å². The highest BCUT2D eigenvalue weighted by Crippen LogP contribution is 2.22. The molecule has 4 heteroatoms. The number of rotatable bonds is 4. The molecule has 0 atom stereocenters. The lowest BCUT2D eigenvalue weighted by Crippen LogP contribution is -2.24. The summed E-state index contributed by atoms with van der Waals surface area (Å²) in [6.07, 6.45) is 3.60. The molecule has 0 aliphatic carbocycles. The first kappa shape index (κ1) is 12.4. The maximum atomic E-state index is 6.00. The molecule has 2 rings (SSSR count). The lowest BCUT2D eigenvalue weighted by Gasteiger charge is -2.23. The molecule has 4 nitrogen and oxygen atoms in total. The minimum atomic E-state index is 0.719. The summed E-state index contributed by atoms with van der Waals surface area (Å²) in [5.41, 5.74) is 8.90. The molecule has 2 aromatic heterocycles. The molecule has 0 bridgehead atoms. The van der Waals surface area contributed by atoms with E-state index in [4.69, 9.17) is 5.73 Å². The first-order valence-corrected chi connectivity index (χ1v) is 6.07. The Balaban J connectivity index is 2.26. The van der Waals surface area contributed by atoms with Crippen LogP contribution in [0.5, 0.6) is 0 Å². The number of pyridine rings is 2. The summed E-state index contributed by atoms with van der Waals surface area (Å²) in [5.74, 6) is 0.856. The van der Waals surface area contributed by atoms with Crippen molar-refractivity contribution >= 4 is 11.5 Å². The Labute approximate surface area is 107 Å². The van der Waals surface area contributed by atoms with Gasteiger partial charge in [-0.15, -0.1) is 0 Å². The Morgan fingerprint density at radius 3 is 2.56 bits per heavy atom. The average molecular weight is 242 g/mol. The van der Waals surface area contributed by atoms with E-state index in [1.54, 1.807) is 12.4 Å². The van der Waals surface area contributed by atoms with Crippen molar-refractivity contribution in [3.05, 3.63) is 47.9 Å². The molecule has 18 heavy (non-hydrogen) atoms. The van der Waals surface area contributed by atoms with E-state index in [1.807, 2.05) is 31.2 Å². The van der Waals surface area contributed by atoms with Crippen molar-refractivity contribution in [1.82, 2.24) is 9.97 Å². The van der Waals surface area contributed by atoms with Crippen molar-refractivity contribution in [3.8, 4) is 0 Å². The smallest absolute Gasteiger partial charge is 0.152 e. The van der Waals surface area contributed by atoms with Crippen molar-refractivity contribution < 1.29 is 0 Å². The summed E-state index contributed by atoms with van der Waals surface area (Å²) < 4.78 is 0. The molecule has 0 fully saturated rings. The lowest BCUT2D eigenvalue weighted by molar-refractivity contribution is 0.811. The van der Waals surface area contributed by atoms with Crippen LogP contribution in [0.1, 0.15) is 18.2 Å². The molecule has 0 aromatic carbocycles. The minimum Gasteiger partial charge on any atom is -0.396 e. The van der Waals surface area contributed by atoms with Crippen LogP contribution in [0.25, 0.3) is 0 Å². The zero-order valence-electron chi connectivity index (χ0n) is 10.8. The number of anilines is 2. The van der Waals surface area contributed by atoms with Crippen LogP contribution in [-0.4, -0.2) is 16.5 Å². The Morgan fingerprint density at radius 1 is 1.17 bits per heavy atom. The number of hydrogen-bond acceptors (Lipinski definition) is 4. The fraction of sp³-hybridized carbons (Fsp3) is 0.286. The number of hydrogen-bond donors (Lipinski definition) is 1. The van der Waals surface area contributed by atoms with Crippen LogP contribution in [-0.2, 0) is 6.54 Å². The summed E-state index contributed by atoms with van der Waals surface area (Å²) in [4.78, 5) is 10.7. The lowest BCUT2D eigenvalue weighted by atomic mass is 10.2. The molecule has 2 N–H and O–H groups in total. The predicted octanol–water partition coefficient (Wildman–Crippen LogP) is 2.39. The molecule has 0 unspecified atom stereocenters. The number of nitrogen functional groups attached to an aromatic ring is 1. The summed E-state index contributed by atoms with van der Waals surface area (Å²) >= 11 is 0. The SMILES string of the molecule is CCN(Cc1ccncc1)c1nc(C)ccc1N. The first-order chi connectivity index (χ1) is 8.70. The highest BCUT2D eigenvalue weighted by atomic mass is 15.2. The van der Waals surface area contributed by atoms with Crippen LogP contribution in [0.4, 0.5) is 11.5 Å². The van der Waals surface area contributed by atoms with Gasteiger partial charge in [-0.05, 0) is 43.7 Å². The van der Waals surface area contributed by atoms with Crippen LogP contribution >= 0.6 is 0 Å². The van der Waals surface area contributed by atoms with Crippen LogP contribution in [0.3, 0.4) is 0 Å². The third-order valence-corrected chi connectivity index (χ3v) is 2.85. The van der Waals surface area contributed by atoms with Gasteiger partial charge in [-0.1, -0.05) is 0 Å². The third-order valence-electron chi connectivity index (χ3n) is 2.85. The van der Waals surface area contributed by atoms with Crippen molar-refractivity contribution in [1.29, 1.82) is 0 Å². The van der Waals surface area contributed by atoms with Gasteiger partial charge in [0.15, 0.2) is 5.82 Å². The quantitative estimate of drug-likeness (QED) is 0.894. The van der Waals surface area contributed by atoms with Crippen LogP contribution in [0.15, 0.2) is 36.7 Å². The second-order valence-electron chi connectivity index (χ2n) is 4.24. The van der Waals surface area contributed by atoms with Gasteiger partial charge in [0.25, 0.3) is 0 Å². The van der Waals surface area contributed by atoms with E-state index in [1.165, 1.54) is 5.56 Å². The second kappa shape index (κ2) is 5.49. The van der Waals surface area contributed by atoms with E-state index in [9.17, 15) is 0 Å². The van der Waals surface area contributed by atoms with E-state index in [0.717, 1.165) is 30.3 Å². The average Bonchev–Trinajstić information content (AvgIpc) is 2.40. The van der Waals surface area contributed by atoms with Gasteiger partial charge in [0.05, 0.1) is 5.69 Å². The van der Waals surface area contributed by atoms with Gasteiger partial charge in [-0.2, -0.15) is 0 Å². The van der Waals surface area contributed by atoms with Crippen LogP contribution in [0, 0.1) is 6.92 Å². The van der Waals surface area contributed by atoms with Gasteiger partial charge in [0, 0.05) is 31.2 Å². The van der Waals surface area contributed by atoms with Crippen LogP contribution < -0.4 is 10.6 Å². The zero-order valence-corrected chi connectivity index (χ0v) is 10.8. The van der Waals surface area contributed by atoms with Crippen molar-refractivity contribution in [2.24, 2.45) is 0 Å². The summed E-state index contributed by atoms with van der Waals surface area (Å²) in [7, 11) is 0. The summed E-state index contributed by atoms with van der Waals surface area (Å²) in [5, 5.41) is 0. The van der Waals surface area contributed by atoms with E-state index in [-0.39, 0.29) is 0 Å². The van der Waals surface area contributed by atoms with Gasteiger partial charge < -0.3 is 10.6 Å². The Morgan fingerprint density at radius 2 is 1.89 bits per heavy atom. The van der Waals surface area contributed by atoms with Gasteiger partial charge in [-0.25, -0.2) is 4.98 Å². The number of nitrogens with two attached hydrogens (primary N) is 1. The molecule has 0 amide bonds. The number of nitrogens with zero attached hydrogens (tertiary/aromatic N) is 3. The molecular weight excluding hydrogens is 224 g/mol. The maximum Gasteiger partial charge on any atom is 0.152 e. The highest BCUT2D eigenvalue weighted by molar-refractivity contribution is 5.62. The van der Waals surface area contributed by atoms with Gasteiger partial charge in [-0.3, -0.25) is 4.98 Å². The van der Waals surface area contributed by atoms with E-state index >= 15 is 0 Å². The molecule has 0 saturated heterocycles. The molecular formula is C14H18N4. The van der Waals surface area contributed by atoms with Crippen molar-refractivity contribution in [3.63, 3.8) is 0 Å². The molecule has 0 aliphatic rings. The standard InChI is InChI=1S/C14H18N4/c1-3-18(10-12-6-8-16-9-7-12)14-13(15)5-4-11(2)17-14/h4-9H,3,10,15H2,1-2H3. The van der Waals surface area contributed by atoms with E-state index < -0.39 is 0 Å². The third kappa shape index (κ3) is 2.77. The molecule has 0 spiro atoms. The number of aromatic nitrogens is 2. The fourth-order valence-corrected chi connectivity index (χ4v) is 1.85. The highest BCUT2D eigenvalue weighted by Gasteiger charge is 2.10. The molecule has 2 heterocycles. The molecule has 0 saturated carbocycles. The summed E-state index contributed by atoms with van der Waals surface area (Å²) in [6.45, 7) is 5.73. The molecule has 2 aromatic rings. The second-order valence-corrected chi connectivity index (χ2v) is 4.24.